The van der Waals surface area contributed by atoms with E-state index < -0.39 is 6.03 Å². The topological polar surface area (TPSA) is 73.2 Å². The third-order valence-electron chi connectivity index (χ3n) is 3.25. The zero-order chi connectivity index (χ0) is 14.0. The van der Waals surface area contributed by atoms with Crippen LogP contribution in [0.5, 0.6) is 0 Å². The summed E-state index contributed by atoms with van der Waals surface area (Å²) in [5.41, 5.74) is 0.858. The molecule has 1 heterocycles. The molecular formula is C14H15N3O2. The summed E-state index contributed by atoms with van der Waals surface area (Å²) in [6.45, 7) is 4.26. The Morgan fingerprint density at radius 1 is 1.42 bits per heavy atom. The lowest BCUT2D eigenvalue weighted by Crippen LogP contribution is -2.56. The first kappa shape index (κ1) is 13.1. The quantitative estimate of drug-likeness (QED) is 0.879. The average molecular weight is 257 g/mol. The molecule has 0 radical (unpaired) electrons. The molecule has 1 N–H and O–H groups in total. The van der Waals surface area contributed by atoms with Crippen molar-refractivity contribution in [1.29, 1.82) is 5.26 Å². The molecule has 0 aliphatic carbocycles. The Morgan fingerprint density at radius 2 is 2.16 bits per heavy atom. The lowest BCUT2D eigenvalue weighted by atomic mass is 9.92. The van der Waals surface area contributed by atoms with Gasteiger partial charge in [0.05, 0.1) is 23.2 Å². The highest BCUT2D eigenvalue weighted by atomic mass is 16.2. The van der Waals surface area contributed by atoms with Crippen molar-refractivity contribution in [3.63, 3.8) is 0 Å². The van der Waals surface area contributed by atoms with Gasteiger partial charge in [0.2, 0.25) is 5.91 Å². The number of rotatable bonds is 2. The molecule has 3 amide bonds. The van der Waals surface area contributed by atoms with Crippen LogP contribution in [0.3, 0.4) is 0 Å². The van der Waals surface area contributed by atoms with Gasteiger partial charge in [-0.15, -0.1) is 0 Å². The minimum atomic E-state index is -0.433. The van der Waals surface area contributed by atoms with Crippen LogP contribution in [-0.2, 0) is 4.79 Å². The van der Waals surface area contributed by atoms with E-state index in [1.807, 2.05) is 19.9 Å². The van der Waals surface area contributed by atoms with Gasteiger partial charge in [0, 0.05) is 6.54 Å². The molecular weight excluding hydrogens is 242 g/mol. The maximum Gasteiger partial charge on any atom is 0.328 e. The first-order valence-corrected chi connectivity index (χ1v) is 6.16. The minimum absolute atomic E-state index is 0.148. The van der Waals surface area contributed by atoms with Crippen molar-refractivity contribution >= 4 is 17.6 Å². The van der Waals surface area contributed by atoms with E-state index in [-0.39, 0.29) is 17.7 Å². The largest absolute Gasteiger partial charge is 0.337 e. The second kappa shape index (κ2) is 5.11. The van der Waals surface area contributed by atoms with Crippen LogP contribution in [0.4, 0.5) is 10.5 Å². The van der Waals surface area contributed by atoms with E-state index in [0.717, 1.165) is 4.90 Å². The number of nitrogens with zero attached hydrogens (tertiary/aromatic N) is 2. The highest BCUT2D eigenvalue weighted by Gasteiger charge is 2.36. The van der Waals surface area contributed by atoms with Gasteiger partial charge in [0.1, 0.15) is 0 Å². The molecule has 0 saturated carbocycles. The lowest BCUT2D eigenvalue weighted by molar-refractivity contribution is -0.123. The molecule has 1 atom stereocenters. The maximum atomic E-state index is 12.4. The zero-order valence-electron chi connectivity index (χ0n) is 10.9. The number of benzene rings is 1. The summed E-state index contributed by atoms with van der Waals surface area (Å²) in [5, 5.41) is 11.6. The van der Waals surface area contributed by atoms with Crippen molar-refractivity contribution in [2.45, 2.75) is 13.8 Å². The fourth-order valence-electron chi connectivity index (χ4n) is 2.11. The number of hydrogen-bond donors (Lipinski definition) is 1. The van der Waals surface area contributed by atoms with Crippen LogP contribution in [0, 0.1) is 23.2 Å². The Hall–Kier alpha value is -2.35. The molecule has 19 heavy (non-hydrogen) atoms. The Balaban J connectivity index is 2.38. The predicted octanol–water partition coefficient (Wildman–Crippen LogP) is 1.89. The van der Waals surface area contributed by atoms with Gasteiger partial charge in [-0.1, -0.05) is 19.9 Å². The fraction of sp³-hybridized carbons (Fsp3) is 0.357. The van der Waals surface area contributed by atoms with Gasteiger partial charge < -0.3 is 5.32 Å². The van der Waals surface area contributed by atoms with E-state index in [4.69, 9.17) is 5.26 Å². The summed E-state index contributed by atoms with van der Waals surface area (Å²) in [7, 11) is 0. The average Bonchev–Trinajstić information content (AvgIpc) is 2.38. The van der Waals surface area contributed by atoms with Crippen molar-refractivity contribution < 1.29 is 9.59 Å². The number of carbonyl (C=O) groups excluding carboxylic acids is 2. The number of nitrogens with one attached hydrogen (secondary N) is 1. The normalized spacial score (nSPS) is 19.3. The van der Waals surface area contributed by atoms with Crippen LogP contribution in [0.15, 0.2) is 24.3 Å². The second-order valence-corrected chi connectivity index (χ2v) is 4.87. The molecule has 0 aromatic heterocycles. The van der Waals surface area contributed by atoms with Crippen LogP contribution < -0.4 is 10.2 Å². The molecule has 1 unspecified atom stereocenters. The lowest BCUT2D eigenvalue weighted by Gasteiger charge is -2.33. The van der Waals surface area contributed by atoms with Crippen molar-refractivity contribution in [2.24, 2.45) is 11.8 Å². The number of urea groups is 1. The molecule has 0 spiro atoms. The molecule has 1 aromatic rings. The number of nitriles is 1. The van der Waals surface area contributed by atoms with E-state index in [1.54, 1.807) is 24.3 Å². The summed E-state index contributed by atoms with van der Waals surface area (Å²) in [4.78, 5) is 25.4. The predicted molar refractivity (Wildman–Crippen MR) is 70.4 cm³/mol. The number of amides is 3. The van der Waals surface area contributed by atoms with Crippen molar-refractivity contribution in [3.8, 4) is 6.07 Å². The molecule has 5 nitrogen and oxygen atoms in total. The van der Waals surface area contributed by atoms with Crippen molar-refractivity contribution in [3.05, 3.63) is 29.8 Å². The SMILES string of the molecule is CC(C)C1CNC(=O)N(c2cccc(C#N)c2)C1=O. The van der Waals surface area contributed by atoms with Gasteiger partial charge in [-0.2, -0.15) is 5.26 Å². The Kier molecular flexibility index (Phi) is 3.52. The Morgan fingerprint density at radius 3 is 2.79 bits per heavy atom. The van der Waals surface area contributed by atoms with E-state index in [0.29, 0.717) is 17.8 Å². The molecule has 1 aromatic carbocycles. The standard InChI is InChI=1S/C14H15N3O2/c1-9(2)12-8-16-14(19)17(13(12)18)11-5-3-4-10(6-11)7-15/h3-6,9,12H,8H2,1-2H3,(H,16,19). The van der Waals surface area contributed by atoms with E-state index in [9.17, 15) is 9.59 Å². The zero-order valence-corrected chi connectivity index (χ0v) is 10.9. The van der Waals surface area contributed by atoms with Gasteiger partial charge in [-0.3, -0.25) is 4.79 Å². The minimum Gasteiger partial charge on any atom is -0.337 e. The monoisotopic (exact) mass is 257 g/mol. The van der Waals surface area contributed by atoms with Crippen LogP contribution in [0.1, 0.15) is 19.4 Å². The summed E-state index contributed by atoms with van der Waals surface area (Å²) in [5.74, 6) is -0.299. The number of carbonyl (C=O) groups is 2. The number of hydrogen-bond acceptors (Lipinski definition) is 3. The number of anilines is 1. The second-order valence-electron chi connectivity index (χ2n) is 4.87. The van der Waals surface area contributed by atoms with Gasteiger partial charge in [-0.25, -0.2) is 9.69 Å². The van der Waals surface area contributed by atoms with Gasteiger partial charge in [0.15, 0.2) is 0 Å². The van der Waals surface area contributed by atoms with Crippen LogP contribution in [0.2, 0.25) is 0 Å². The molecule has 98 valence electrons. The van der Waals surface area contributed by atoms with Crippen LogP contribution in [0.25, 0.3) is 0 Å². The maximum absolute atomic E-state index is 12.4. The summed E-state index contributed by atoms with van der Waals surface area (Å²) in [6, 6.07) is 8.06. The third kappa shape index (κ3) is 2.43. The third-order valence-corrected chi connectivity index (χ3v) is 3.25. The van der Waals surface area contributed by atoms with E-state index in [2.05, 4.69) is 5.32 Å². The van der Waals surface area contributed by atoms with Gasteiger partial charge in [0.25, 0.3) is 0 Å². The van der Waals surface area contributed by atoms with Crippen molar-refractivity contribution in [2.75, 3.05) is 11.4 Å². The molecule has 1 saturated heterocycles. The van der Waals surface area contributed by atoms with Gasteiger partial charge >= 0.3 is 6.03 Å². The number of imide groups is 1. The van der Waals surface area contributed by atoms with E-state index in [1.165, 1.54) is 0 Å². The highest BCUT2D eigenvalue weighted by Crippen LogP contribution is 2.24. The molecule has 1 aliphatic rings. The molecule has 1 fully saturated rings. The molecule has 5 heteroatoms. The summed E-state index contributed by atoms with van der Waals surface area (Å²) in [6.07, 6.45) is 0. The summed E-state index contributed by atoms with van der Waals surface area (Å²) < 4.78 is 0. The first-order chi connectivity index (χ1) is 9.04. The first-order valence-electron chi connectivity index (χ1n) is 6.16. The Bertz CT molecular complexity index is 560. The smallest absolute Gasteiger partial charge is 0.328 e. The molecule has 0 bridgehead atoms. The van der Waals surface area contributed by atoms with Gasteiger partial charge in [-0.05, 0) is 24.1 Å². The Labute approximate surface area is 111 Å². The van der Waals surface area contributed by atoms with Crippen LogP contribution in [-0.4, -0.2) is 18.5 Å². The van der Waals surface area contributed by atoms with Crippen LogP contribution >= 0.6 is 0 Å². The summed E-state index contributed by atoms with van der Waals surface area (Å²) >= 11 is 0. The van der Waals surface area contributed by atoms with Crippen molar-refractivity contribution in [1.82, 2.24) is 5.32 Å². The fourth-order valence-corrected chi connectivity index (χ4v) is 2.11. The molecule has 1 aliphatic heterocycles. The highest BCUT2D eigenvalue weighted by molar-refractivity contribution is 6.16. The molecule has 2 rings (SSSR count). The van der Waals surface area contributed by atoms with E-state index >= 15 is 0 Å².